The molecule has 1 aromatic carbocycles. The number of aliphatic hydroxyl groups is 1. The molecule has 0 saturated heterocycles. The van der Waals surface area contributed by atoms with E-state index < -0.39 is 29.6 Å². The number of carbonyl (C=O) groups is 2. The van der Waals surface area contributed by atoms with Crippen molar-refractivity contribution in [2.75, 3.05) is 11.9 Å². The third-order valence-corrected chi connectivity index (χ3v) is 3.28. The van der Waals surface area contributed by atoms with Crippen molar-refractivity contribution in [3.8, 4) is 0 Å². The van der Waals surface area contributed by atoms with Gasteiger partial charge in [0.1, 0.15) is 23.2 Å². The van der Waals surface area contributed by atoms with Crippen molar-refractivity contribution in [3.63, 3.8) is 0 Å². The number of benzene rings is 1. The first-order valence-electron chi connectivity index (χ1n) is 7.07. The molecule has 2 rings (SSSR count). The molecule has 0 radical (unpaired) electrons. The first-order valence-corrected chi connectivity index (χ1v) is 7.07. The van der Waals surface area contributed by atoms with Gasteiger partial charge in [-0.05, 0) is 32.0 Å². The van der Waals surface area contributed by atoms with Gasteiger partial charge < -0.3 is 20.2 Å². The molecule has 0 bridgehead atoms. The molecule has 1 aromatic heterocycles. The van der Waals surface area contributed by atoms with E-state index in [1.54, 1.807) is 19.9 Å². The van der Waals surface area contributed by atoms with E-state index >= 15 is 0 Å². The highest BCUT2D eigenvalue weighted by Crippen LogP contribution is 2.21. The maximum atomic E-state index is 13.4. The summed E-state index contributed by atoms with van der Waals surface area (Å²) in [6, 6.07) is 4.16. The molecule has 0 aliphatic carbocycles. The summed E-state index contributed by atoms with van der Waals surface area (Å²) in [5.41, 5.74) is 0.177. The molecule has 1 atom stereocenters. The molecular weight excluding hydrogens is 322 g/mol. The maximum absolute atomic E-state index is 13.4. The first kappa shape index (κ1) is 17.6. The number of aryl methyl sites for hydroxylation is 2. The van der Waals surface area contributed by atoms with Crippen LogP contribution in [0, 0.1) is 25.5 Å². The van der Waals surface area contributed by atoms with Gasteiger partial charge in [0.15, 0.2) is 0 Å². The van der Waals surface area contributed by atoms with E-state index in [4.69, 9.17) is 4.42 Å². The lowest BCUT2D eigenvalue weighted by atomic mass is 10.1. The highest BCUT2D eigenvalue weighted by molar-refractivity contribution is 6.39. The summed E-state index contributed by atoms with van der Waals surface area (Å²) in [6.45, 7) is 3.15. The number of rotatable bonds is 4. The van der Waals surface area contributed by atoms with Crippen LogP contribution in [0.15, 0.2) is 28.7 Å². The van der Waals surface area contributed by atoms with Crippen LogP contribution in [0.3, 0.4) is 0 Å². The summed E-state index contributed by atoms with van der Waals surface area (Å²) < 4.78 is 31.5. The van der Waals surface area contributed by atoms with Gasteiger partial charge in [0.25, 0.3) is 0 Å². The Kier molecular flexibility index (Phi) is 5.30. The molecule has 128 valence electrons. The van der Waals surface area contributed by atoms with Crippen LogP contribution in [-0.4, -0.2) is 23.5 Å². The first-order chi connectivity index (χ1) is 11.3. The Morgan fingerprint density at radius 1 is 1.21 bits per heavy atom. The van der Waals surface area contributed by atoms with Gasteiger partial charge in [-0.2, -0.15) is 0 Å². The molecule has 0 fully saturated rings. The number of halogens is 2. The number of furan rings is 1. The number of anilines is 1. The normalized spacial score (nSPS) is 11.9. The molecule has 0 saturated carbocycles. The van der Waals surface area contributed by atoms with Gasteiger partial charge in [-0.1, -0.05) is 0 Å². The van der Waals surface area contributed by atoms with E-state index in [0.29, 0.717) is 23.2 Å². The molecule has 0 spiro atoms. The zero-order valence-electron chi connectivity index (χ0n) is 13.0. The van der Waals surface area contributed by atoms with Gasteiger partial charge in [0.2, 0.25) is 0 Å². The van der Waals surface area contributed by atoms with Crippen molar-refractivity contribution < 1.29 is 27.9 Å². The van der Waals surface area contributed by atoms with E-state index in [1.165, 1.54) is 0 Å². The number of aliphatic hydroxyl groups excluding tert-OH is 1. The lowest BCUT2D eigenvalue weighted by molar-refractivity contribution is -0.136. The number of hydrogen-bond acceptors (Lipinski definition) is 4. The fourth-order valence-corrected chi connectivity index (χ4v) is 2.13. The third-order valence-electron chi connectivity index (χ3n) is 3.28. The fourth-order valence-electron chi connectivity index (χ4n) is 2.13. The molecule has 2 aromatic rings. The Balaban J connectivity index is 1.92. The molecule has 0 aliphatic heterocycles. The second-order valence-electron chi connectivity index (χ2n) is 5.17. The van der Waals surface area contributed by atoms with Gasteiger partial charge in [0, 0.05) is 18.2 Å². The van der Waals surface area contributed by atoms with Gasteiger partial charge in [-0.15, -0.1) is 0 Å². The predicted octanol–water partition coefficient (Wildman–Crippen LogP) is 1.96. The van der Waals surface area contributed by atoms with Crippen LogP contribution in [0.4, 0.5) is 14.5 Å². The average molecular weight is 338 g/mol. The SMILES string of the molecule is Cc1cc(C(O)CNC(=O)C(=O)Nc2ccc(F)cc2F)c(C)o1. The Bertz CT molecular complexity index is 773. The van der Waals surface area contributed by atoms with Crippen LogP contribution in [0.5, 0.6) is 0 Å². The van der Waals surface area contributed by atoms with E-state index in [1.807, 2.05) is 5.32 Å². The second kappa shape index (κ2) is 7.22. The quantitative estimate of drug-likeness (QED) is 0.743. The fraction of sp³-hybridized carbons (Fsp3) is 0.250. The monoisotopic (exact) mass is 338 g/mol. The predicted molar refractivity (Wildman–Crippen MR) is 81.1 cm³/mol. The Hall–Kier alpha value is -2.74. The highest BCUT2D eigenvalue weighted by Gasteiger charge is 2.19. The number of hydrogen-bond donors (Lipinski definition) is 3. The van der Waals surface area contributed by atoms with Crippen LogP contribution in [0.25, 0.3) is 0 Å². The van der Waals surface area contributed by atoms with Crippen molar-refractivity contribution in [1.82, 2.24) is 5.32 Å². The van der Waals surface area contributed by atoms with Crippen LogP contribution in [0.2, 0.25) is 0 Å². The van der Waals surface area contributed by atoms with Crippen LogP contribution < -0.4 is 10.6 Å². The molecule has 24 heavy (non-hydrogen) atoms. The summed E-state index contributed by atoms with van der Waals surface area (Å²) >= 11 is 0. The zero-order valence-corrected chi connectivity index (χ0v) is 13.0. The zero-order chi connectivity index (χ0) is 17.9. The molecule has 1 heterocycles. The molecule has 3 N–H and O–H groups in total. The van der Waals surface area contributed by atoms with Gasteiger partial charge in [-0.3, -0.25) is 9.59 Å². The van der Waals surface area contributed by atoms with Crippen molar-refractivity contribution in [2.45, 2.75) is 20.0 Å². The van der Waals surface area contributed by atoms with Crippen molar-refractivity contribution in [1.29, 1.82) is 0 Å². The number of carbonyl (C=O) groups excluding carboxylic acids is 2. The van der Waals surface area contributed by atoms with Crippen LogP contribution in [-0.2, 0) is 9.59 Å². The number of nitrogens with one attached hydrogen (secondary N) is 2. The molecule has 0 aliphatic rings. The van der Waals surface area contributed by atoms with Gasteiger partial charge in [0.05, 0.1) is 11.8 Å². The highest BCUT2D eigenvalue weighted by atomic mass is 19.1. The van der Waals surface area contributed by atoms with Crippen molar-refractivity contribution in [3.05, 3.63) is 53.0 Å². The molecule has 2 amide bonds. The van der Waals surface area contributed by atoms with E-state index in [9.17, 15) is 23.5 Å². The summed E-state index contributed by atoms with van der Waals surface area (Å²) in [7, 11) is 0. The maximum Gasteiger partial charge on any atom is 0.313 e. The largest absolute Gasteiger partial charge is 0.466 e. The lowest BCUT2D eigenvalue weighted by Crippen LogP contribution is -2.37. The second-order valence-corrected chi connectivity index (χ2v) is 5.17. The van der Waals surface area contributed by atoms with E-state index in [-0.39, 0.29) is 12.2 Å². The lowest BCUT2D eigenvalue weighted by Gasteiger charge is -2.11. The molecule has 8 heteroatoms. The standard InChI is InChI=1S/C16H16F2N2O4/c1-8-5-11(9(2)24-8)14(21)7-19-15(22)16(23)20-13-4-3-10(17)6-12(13)18/h3-6,14,21H,7H2,1-2H3,(H,19,22)(H,20,23). The van der Waals surface area contributed by atoms with Gasteiger partial charge >= 0.3 is 11.8 Å². The smallest absolute Gasteiger partial charge is 0.313 e. The average Bonchev–Trinajstić information content (AvgIpc) is 2.85. The minimum atomic E-state index is -1.13. The van der Waals surface area contributed by atoms with Crippen molar-refractivity contribution >= 4 is 17.5 Å². The minimum absolute atomic E-state index is 0.224. The third kappa shape index (κ3) is 4.17. The Morgan fingerprint density at radius 2 is 1.92 bits per heavy atom. The number of amides is 2. The molecule has 6 nitrogen and oxygen atoms in total. The van der Waals surface area contributed by atoms with Crippen LogP contribution >= 0.6 is 0 Å². The van der Waals surface area contributed by atoms with Crippen LogP contribution in [0.1, 0.15) is 23.2 Å². The summed E-state index contributed by atoms with van der Waals surface area (Å²) in [5, 5.41) is 14.3. The van der Waals surface area contributed by atoms with E-state index in [2.05, 4.69) is 5.32 Å². The Labute approximate surface area is 136 Å². The molecular formula is C16H16F2N2O4. The summed E-state index contributed by atoms with van der Waals surface area (Å²) in [4.78, 5) is 23.4. The summed E-state index contributed by atoms with van der Waals surface area (Å²) in [5.74, 6) is -2.88. The topological polar surface area (TPSA) is 91.6 Å². The summed E-state index contributed by atoms with van der Waals surface area (Å²) in [6.07, 6.45) is -1.05. The molecule has 1 unspecified atom stereocenters. The van der Waals surface area contributed by atoms with Crippen molar-refractivity contribution in [2.24, 2.45) is 0 Å². The minimum Gasteiger partial charge on any atom is -0.466 e. The van der Waals surface area contributed by atoms with E-state index in [0.717, 1.165) is 12.1 Å². The Morgan fingerprint density at radius 3 is 2.50 bits per heavy atom. The van der Waals surface area contributed by atoms with Gasteiger partial charge in [-0.25, -0.2) is 8.78 Å².